The van der Waals surface area contributed by atoms with Crippen molar-refractivity contribution in [1.82, 2.24) is 0 Å². The highest BCUT2D eigenvalue weighted by molar-refractivity contribution is 7.10. The molecule has 2 rings (SSSR count). The van der Waals surface area contributed by atoms with Gasteiger partial charge in [0.05, 0.1) is 6.42 Å². The van der Waals surface area contributed by atoms with Gasteiger partial charge in [-0.1, -0.05) is 6.07 Å². The first-order chi connectivity index (χ1) is 11.0. The van der Waals surface area contributed by atoms with Gasteiger partial charge in [0.2, 0.25) is 0 Å². The summed E-state index contributed by atoms with van der Waals surface area (Å²) >= 11 is 1.46. The predicted molar refractivity (Wildman–Crippen MR) is 88.7 cm³/mol. The molecule has 0 radical (unpaired) electrons. The van der Waals surface area contributed by atoms with Crippen LogP contribution in [0.15, 0.2) is 41.8 Å². The summed E-state index contributed by atoms with van der Waals surface area (Å²) in [5, 5.41) is 4.53. The molecule has 0 saturated carbocycles. The molecule has 6 heteroatoms. The zero-order valence-corrected chi connectivity index (χ0v) is 13.7. The molecule has 2 aromatic rings. The van der Waals surface area contributed by atoms with Gasteiger partial charge in [0.25, 0.3) is 5.91 Å². The second kappa shape index (κ2) is 7.69. The van der Waals surface area contributed by atoms with Crippen molar-refractivity contribution in [3.63, 3.8) is 0 Å². The minimum atomic E-state index is -0.894. The molecule has 120 valence electrons. The summed E-state index contributed by atoms with van der Waals surface area (Å²) in [5.41, 5.74) is 1.11. The molecular weight excluding hydrogens is 314 g/mol. The van der Waals surface area contributed by atoms with Gasteiger partial charge in [0.15, 0.2) is 11.9 Å². The first-order valence-electron chi connectivity index (χ1n) is 7.09. The van der Waals surface area contributed by atoms with Gasteiger partial charge in [-0.05, 0) is 49.6 Å². The number of carbonyl (C=O) groups excluding carboxylic acids is 3. The van der Waals surface area contributed by atoms with Crippen LogP contribution >= 0.6 is 11.3 Å². The summed E-state index contributed by atoms with van der Waals surface area (Å²) in [5.74, 6) is -0.902. The molecule has 0 unspecified atom stereocenters. The van der Waals surface area contributed by atoms with Crippen molar-refractivity contribution in [3.05, 3.63) is 52.2 Å². The van der Waals surface area contributed by atoms with Crippen LogP contribution in [0.25, 0.3) is 0 Å². The Bertz CT molecular complexity index is 692. The van der Waals surface area contributed by atoms with Crippen molar-refractivity contribution in [2.45, 2.75) is 26.4 Å². The molecule has 0 fully saturated rings. The van der Waals surface area contributed by atoms with Gasteiger partial charge in [-0.3, -0.25) is 14.4 Å². The minimum absolute atomic E-state index is 0.0428. The second-order valence-electron chi connectivity index (χ2n) is 5.01. The van der Waals surface area contributed by atoms with Crippen molar-refractivity contribution in [2.24, 2.45) is 0 Å². The number of benzene rings is 1. The summed E-state index contributed by atoms with van der Waals surface area (Å²) in [6.45, 7) is 2.99. The van der Waals surface area contributed by atoms with Crippen molar-refractivity contribution >= 4 is 34.7 Å². The van der Waals surface area contributed by atoms with Crippen LogP contribution in [0, 0.1) is 0 Å². The summed E-state index contributed by atoms with van der Waals surface area (Å²) in [4.78, 5) is 35.9. The molecule has 0 aliphatic heterocycles. The smallest absolute Gasteiger partial charge is 0.311 e. The van der Waals surface area contributed by atoms with E-state index in [-0.39, 0.29) is 12.2 Å². The SMILES string of the molecule is CC(=O)c1ccc(NC(=O)[C@H](C)OC(=O)Cc2cccs2)cc1. The summed E-state index contributed by atoms with van der Waals surface area (Å²) < 4.78 is 5.12. The lowest BCUT2D eigenvalue weighted by Gasteiger charge is -2.13. The average Bonchev–Trinajstić information content (AvgIpc) is 3.00. The lowest BCUT2D eigenvalue weighted by Crippen LogP contribution is -2.30. The molecule has 1 aromatic carbocycles. The van der Waals surface area contributed by atoms with Gasteiger partial charge in [-0.25, -0.2) is 0 Å². The number of hydrogen-bond donors (Lipinski definition) is 1. The molecule has 1 N–H and O–H groups in total. The first kappa shape index (κ1) is 16.9. The summed E-state index contributed by atoms with van der Waals surface area (Å²) in [6, 6.07) is 10.2. The van der Waals surface area contributed by atoms with Crippen LogP contribution in [-0.2, 0) is 20.7 Å². The van der Waals surface area contributed by atoms with E-state index >= 15 is 0 Å². The van der Waals surface area contributed by atoms with Gasteiger partial charge in [-0.15, -0.1) is 11.3 Å². The number of nitrogens with one attached hydrogen (secondary N) is 1. The third-order valence-electron chi connectivity index (χ3n) is 3.14. The van der Waals surface area contributed by atoms with E-state index < -0.39 is 18.0 Å². The number of esters is 1. The maximum Gasteiger partial charge on any atom is 0.311 e. The topological polar surface area (TPSA) is 72.5 Å². The van der Waals surface area contributed by atoms with Gasteiger partial charge < -0.3 is 10.1 Å². The standard InChI is InChI=1S/C17H17NO4S/c1-11(19)13-5-7-14(8-6-13)18-17(21)12(2)22-16(20)10-15-4-3-9-23-15/h3-9,12H,10H2,1-2H3,(H,18,21)/t12-/m0/s1. The molecule has 23 heavy (non-hydrogen) atoms. The van der Waals surface area contributed by atoms with Crippen molar-refractivity contribution in [1.29, 1.82) is 0 Å². The maximum absolute atomic E-state index is 12.0. The maximum atomic E-state index is 12.0. The molecule has 0 spiro atoms. The fourth-order valence-corrected chi connectivity index (χ4v) is 2.57. The van der Waals surface area contributed by atoms with Crippen molar-refractivity contribution < 1.29 is 19.1 Å². The highest BCUT2D eigenvalue weighted by atomic mass is 32.1. The van der Waals surface area contributed by atoms with E-state index in [1.807, 2.05) is 17.5 Å². The highest BCUT2D eigenvalue weighted by Gasteiger charge is 2.18. The Morgan fingerprint density at radius 1 is 1.17 bits per heavy atom. The van der Waals surface area contributed by atoms with Gasteiger partial charge >= 0.3 is 5.97 Å². The number of ketones is 1. The van der Waals surface area contributed by atoms with E-state index in [1.165, 1.54) is 25.2 Å². The van der Waals surface area contributed by atoms with Crippen LogP contribution in [0.1, 0.15) is 29.1 Å². The van der Waals surface area contributed by atoms with E-state index in [2.05, 4.69) is 5.32 Å². The number of thiophene rings is 1. The quantitative estimate of drug-likeness (QED) is 0.652. The molecule has 1 heterocycles. The molecule has 1 aromatic heterocycles. The number of ether oxygens (including phenoxy) is 1. The first-order valence-corrected chi connectivity index (χ1v) is 7.97. The predicted octanol–water partition coefficient (Wildman–Crippen LogP) is 3.06. The van der Waals surface area contributed by atoms with Crippen molar-refractivity contribution in [2.75, 3.05) is 5.32 Å². The molecular formula is C17H17NO4S. The number of amides is 1. The molecule has 1 atom stereocenters. The minimum Gasteiger partial charge on any atom is -0.452 e. The molecule has 0 saturated heterocycles. The molecule has 0 bridgehead atoms. The third kappa shape index (κ3) is 5.03. The Hall–Kier alpha value is -2.47. The highest BCUT2D eigenvalue weighted by Crippen LogP contribution is 2.12. The Labute approximate surface area is 138 Å². The van der Waals surface area contributed by atoms with E-state index in [0.717, 1.165) is 4.88 Å². The lowest BCUT2D eigenvalue weighted by molar-refractivity contribution is -0.152. The van der Waals surface area contributed by atoms with Crippen molar-refractivity contribution in [3.8, 4) is 0 Å². The molecule has 0 aliphatic rings. The third-order valence-corrected chi connectivity index (χ3v) is 4.01. The number of Topliss-reactive ketones (excluding diaryl/α,β-unsaturated/α-hetero) is 1. The van der Waals surface area contributed by atoms with Crippen LogP contribution in [0.4, 0.5) is 5.69 Å². The van der Waals surface area contributed by atoms with Crippen LogP contribution in [0.3, 0.4) is 0 Å². The van der Waals surface area contributed by atoms with Crippen LogP contribution in [0.2, 0.25) is 0 Å². The zero-order chi connectivity index (χ0) is 16.8. The zero-order valence-electron chi connectivity index (χ0n) is 12.9. The van der Waals surface area contributed by atoms with E-state index in [4.69, 9.17) is 4.74 Å². The van der Waals surface area contributed by atoms with E-state index in [1.54, 1.807) is 24.3 Å². The summed E-state index contributed by atoms with van der Waals surface area (Å²) in [6.07, 6.45) is -0.738. The van der Waals surface area contributed by atoms with Crippen LogP contribution in [0.5, 0.6) is 0 Å². The number of hydrogen-bond acceptors (Lipinski definition) is 5. The monoisotopic (exact) mass is 331 g/mol. The lowest BCUT2D eigenvalue weighted by atomic mass is 10.1. The molecule has 1 amide bonds. The Balaban J connectivity index is 1.86. The average molecular weight is 331 g/mol. The molecule has 0 aliphatic carbocycles. The fraction of sp³-hybridized carbons (Fsp3) is 0.235. The Morgan fingerprint density at radius 3 is 2.43 bits per heavy atom. The largest absolute Gasteiger partial charge is 0.452 e. The van der Waals surface area contributed by atoms with Gasteiger partial charge in [0, 0.05) is 16.1 Å². The Kier molecular flexibility index (Phi) is 5.65. The van der Waals surface area contributed by atoms with Crippen LogP contribution < -0.4 is 5.32 Å². The summed E-state index contributed by atoms with van der Waals surface area (Å²) in [7, 11) is 0. The van der Waals surface area contributed by atoms with E-state index in [0.29, 0.717) is 11.3 Å². The number of rotatable bonds is 6. The second-order valence-corrected chi connectivity index (χ2v) is 6.04. The van der Waals surface area contributed by atoms with Crippen LogP contribution in [-0.4, -0.2) is 23.8 Å². The number of anilines is 1. The van der Waals surface area contributed by atoms with E-state index in [9.17, 15) is 14.4 Å². The normalized spacial score (nSPS) is 11.6. The fourth-order valence-electron chi connectivity index (χ4n) is 1.88. The van der Waals surface area contributed by atoms with Gasteiger partial charge in [0.1, 0.15) is 0 Å². The number of carbonyl (C=O) groups is 3. The van der Waals surface area contributed by atoms with Gasteiger partial charge in [-0.2, -0.15) is 0 Å². The molecule has 5 nitrogen and oxygen atoms in total. The Morgan fingerprint density at radius 2 is 1.87 bits per heavy atom.